The molecular weight excluding hydrogens is 463 g/mol. The fraction of sp³-hybridized carbons (Fsp3) is 0.381. The van der Waals surface area contributed by atoms with Crippen molar-refractivity contribution in [2.24, 2.45) is 5.92 Å². The molecular formula is C21H24Cl2N2O5S. The summed E-state index contributed by atoms with van der Waals surface area (Å²) in [4.78, 5) is 12.7. The molecule has 0 aliphatic carbocycles. The van der Waals surface area contributed by atoms with Crippen molar-refractivity contribution in [3.63, 3.8) is 0 Å². The Labute approximate surface area is 192 Å². The molecule has 1 heterocycles. The van der Waals surface area contributed by atoms with E-state index in [1.807, 2.05) is 0 Å². The smallest absolute Gasteiger partial charge is 0.227 e. The molecule has 0 atom stereocenters. The first kappa shape index (κ1) is 23.7. The highest BCUT2D eigenvalue weighted by atomic mass is 35.5. The minimum Gasteiger partial charge on any atom is -0.493 e. The Kier molecular flexibility index (Phi) is 7.69. The van der Waals surface area contributed by atoms with Crippen molar-refractivity contribution in [3.05, 3.63) is 52.0 Å². The molecule has 0 aromatic heterocycles. The standard InChI is InChI=1S/C21H24Cl2N2O5S/c1-29-19-7-6-15(12-20(19)30-2)24-21(26)14-8-10-25(11-9-14)31(27,28)13-16-17(22)4-3-5-18(16)23/h3-7,12,14H,8-11,13H2,1-2H3,(H,24,26). The summed E-state index contributed by atoms with van der Waals surface area (Å²) in [6.07, 6.45) is 0.850. The Morgan fingerprint density at radius 2 is 1.68 bits per heavy atom. The predicted octanol–water partition coefficient (Wildman–Crippen LogP) is 4.19. The Bertz CT molecular complexity index is 1030. The maximum absolute atomic E-state index is 12.8. The van der Waals surface area contributed by atoms with Crippen LogP contribution >= 0.6 is 23.2 Å². The molecule has 10 heteroatoms. The van der Waals surface area contributed by atoms with Gasteiger partial charge in [0.1, 0.15) is 0 Å². The predicted molar refractivity (Wildman–Crippen MR) is 122 cm³/mol. The average Bonchev–Trinajstić information content (AvgIpc) is 2.76. The highest BCUT2D eigenvalue weighted by molar-refractivity contribution is 7.88. The number of piperidine rings is 1. The number of nitrogens with zero attached hydrogens (tertiary/aromatic N) is 1. The first-order valence-electron chi connectivity index (χ1n) is 9.68. The summed E-state index contributed by atoms with van der Waals surface area (Å²) in [5, 5.41) is 3.51. The molecule has 1 N–H and O–H groups in total. The van der Waals surface area contributed by atoms with Gasteiger partial charge < -0.3 is 14.8 Å². The van der Waals surface area contributed by atoms with Crippen molar-refractivity contribution in [1.29, 1.82) is 0 Å². The summed E-state index contributed by atoms with van der Waals surface area (Å²) >= 11 is 12.2. The van der Waals surface area contributed by atoms with Gasteiger partial charge in [0.25, 0.3) is 0 Å². The van der Waals surface area contributed by atoms with Crippen LogP contribution in [0.5, 0.6) is 11.5 Å². The quantitative estimate of drug-likeness (QED) is 0.633. The number of ether oxygens (including phenoxy) is 2. The van der Waals surface area contributed by atoms with Crippen LogP contribution in [0.3, 0.4) is 0 Å². The normalized spacial score (nSPS) is 15.5. The van der Waals surface area contributed by atoms with Gasteiger partial charge >= 0.3 is 0 Å². The molecule has 0 spiro atoms. The number of rotatable bonds is 7. The van der Waals surface area contributed by atoms with Crippen LogP contribution in [0, 0.1) is 5.92 Å². The number of amides is 1. The zero-order valence-corrected chi connectivity index (χ0v) is 19.6. The molecule has 0 radical (unpaired) electrons. The van der Waals surface area contributed by atoms with E-state index in [2.05, 4.69) is 5.32 Å². The van der Waals surface area contributed by atoms with Crippen LogP contribution in [-0.4, -0.2) is 45.9 Å². The van der Waals surface area contributed by atoms with E-state index in [9.17, 15) is 13.2 Å². The van der Waals surface area contributed by atoms with Gasteiger partial charge in [-0.1, -0.05) is 29.3 Å². The summed E-state index contributed by atoms with van der Waals surface area (Å²) < 4.78 is 37.5. The largest absolute Gasteiger partial charge is 0.493 e. The first-order valence-corrected chi connectivity index (χ1v) is 12.0. The fourth-order valence-electron chi connectivity index (χ4n) is 3.50. The van der Waals surface area contributed by atoms with Crippen molar-refractivity contribution in [1.82, 2.24) is 4.31 Å². The molecule has 1 saturated heterocycles. The second kappa shape index (κ2) is 10.1. The average molecular weight is 487 g/mol. The third kappa shape index (κ3) is 5.63. The summed E-state index contributed by atoms with van der Waals surface area (Å²) in [6.45, 7) is 0.517. The highest BCUT2D eigenvalue weighted by Crippen LogP contribution is 2.31. The third-order valence-corrected chi connectivity index (χ3v) is 7.77. The van der Waals surface area contributed by atoms with E-state index < -0.39 is 10.0 Å². The Morgan fingerprint density at radius 1 is 1.06 bits per heavy atom. The van der Waals surface area contributed by atoms with Gasteiger partial charge in [0, 0.05) is 46.4 Å². The molecule has 1 aliphatic heterocycles. The Morgan fingerprint density at radius 3 is 2.26 bits per heavy atom. The van der Waals surface area contributed by atoms with Gasteiger partial charge in [-0.25, -0.2) is 12.7 Å². The summed E-state index contributed by atoms with van der Waals surface area (Å²) in [7, 11) is -0.541. The van der Waals surface area contributed by atoms with E-state index >= 15 is 0 Å². The van der Waals surface area contributed by atoms with Gasteiger partial charge in [-0.2, -0.15) is 0 Å². The highest BCUT2D eigenvalue weighted by Gasteiger charge is 2.32. The molecule has 1 amide bonds. The van der Waals surface area contributed by atoms with Gasteiger partial charge in [-0.15, -0.1) is 0 Å². The first-order chi connectivity index (χ1) is 14.7. The topological polar surface area (TPSA) is 84.9 Å². The minimum absolute atomic E-state index is 0.154. The number of hydrogen-bond donors (Lipinski definition) is 1. The fourth-order valence-corrected chi connectivity index (χ4v) is 5.81. The van der Waals surface area contributed by atoms with E-state index in [1.54, 1.807) is 36.4 Å². The molecule has 0 saturated carbocycles. The second-order valence-corrected chi connectivity index (χ2v) is 9.97. The maximum Gasteiger partial charge on any atom is 0.227 e. The Balaban J connectivity index is 1.60. The molecule has 1 aliphatic rings. The number of carbonyl (C=O) groups excluding carboxylic acids is 1. The zero-order valence-electron chi connectivity index (χ0n) is 17.2. The molecule has 2 aromatic rings. The van der Waals surface area contributed by atoms with E-state index in [1.165, 1.54) is 18.5 Å². The van der Waals surface area contributed by atoms with E-state index in [0.29, 0.717) is 45.6 Å². The van der Waals surface area contributed by atoms with Crippen molar-refractivity contribution in [2.75, 3.05) is 32.6 Å². The number of carbonyl (C=O) groups is 1. The number of nitrogens with one attached hydrogen (secondary N) is 1. The van der Waals surface area contributed by atoms with Crippen LogP contribution in [0.2, 0.25) is 10.0 Å². The van der Waals surface area contributed by atoms with Gasteiger partial charge in [0.05, 0.1) is 20.0 Å². The number of halogens is 2. The summed E-state index contributed by atoms with van der Waals surface area (Å²) in [5.74, 6) is 0.368. The van der Waals surface area contributed by atoms with Gasteiger partial charge in [0.15, 0.2) is 11.5 Å². The third-order valence-electron chi connectivity index (χ3n) is 5.26. The molecule has 31 heavy (non-hydrogen) atoms. The van der Waals surface area contributed by atoms with Crippen molar-refractivity contribution in [3.8, 4) is 11.5 Å². The van der Waals surface area contributed by atoms with Crippen molar-refractivity contribution in [2.45, 2.75) is 18.6 Å². The van der Waals surface area contributed by atoms with Crippen LogP contribution in [-0.2, 0) is 20.6 Å². The molecule has 0 unspecified atom stereocenters. The lowest BCUT2D eigenvalue weighted by molar-refractivity contribution is -0.120. The van der Waals surface area contributed by atoms with Crippen molar-refractivity contribution >= 4 is 44.8 Å². The molecule has 168 valence electrons. The number of sulfonamides is 1. The van der Waals surface area contributed by atoms with Gasteiger partial charge in [0.2, 0.25) is 15.9 Å². The summed E-state index contributed by atoms with van der Waals surface area (Å²) in [6, 6.07) is 10.0. The zero-order chi connectivity index (χ0) is 22.6. The van der Waals surface area contributed by atoms with Crippen LogP contribution in [0.15, 0.2) is 36.4 Å². The van der Waals surface area contributed by atoms with E-state index in [-0.39, 0.29) is 30.7 Å². The molecule has 0 bridgehead atoms. The van der Waals surface area contributed by atoms with Crippen LogP contribution in [0.4, 0.5) is 5.69 Å². The maximum atomic E-state index is 12.8. The van der Waals surface area contributed by atoms with E-state index in [4.69, 9.17) is 32.7 Å². The van der Waals surface area contributed by atoms with Crippen molar-refractivity contribution < 1.29 is 22.7 Å². The second-order valence-electron chi connectivity index (χ2n) is 7.19. The number of methoxy groups -OCH3 is 2. The summed E-state index contributed by atoms with van der Waals surface area (Å²) in [5.41, 5.74) is 0.977. The minimum atomic E-state index is -3.60. The monoisotopic (exact) mass is 486 g/mol. The van der Waals surface area contributed by atoms with E-state index in [0.717, 1.165) is 0 Å². The van der Waals surface area contributed by atoms with Crippen LogP contribution in [0.25, 0.3) is 0 Å². The van der Waals surface area contributed by atoms with Crippen LogP contribution in [0.1, 0.15) is 18.4 Å². The lowest BCUT2D eigenvalue weighted by atomic mass is 9.97. The molecule has 1 fully saturated rings. The van der Waals surface area contributed by atoms with Gasteiger partial charge in [-0.05, 0) is 37.1 Å². The lowest BCUT2D eigenvalue weighted by Crippen LogP contribution is -2.42. The van der Waals surface area contributed by atoms with Gasteiger partial charge in [-0.3, -0.25) is 4.79 Å². The lowest BCUT2D eigenvalue weighted by Gasteiger charge is -2.30. The SMILES string of the molecule is COc1ccc(NC(=O)C2CCN(S(=O)(=O)Cc3c(Cl)cccc3Cl)CC2)cc1OC. The number of benzene rings is 2. The molecule has 3 rings (SSSR count). The number of anilines is 1. The Hall–Kier alpha value is -2.00. The molecule has 2 aromatic carbocycles. The van der Waals surface area contributed by atoms with Crippen LogP contribution < -0.4 is 14.8 Å². The molecule has 7 nitrogen and oxygen atoms in total. The number of hydrogen-bond acceptors (Lipinski definition) is 5.